The van der Waals surface area contributed by atoms with Crippen molar-refractivity contribution in [1.82, 2.24) is 4.57 Å². The van der Waals surface area contributed by atoms with Crippen LogP contribution in [0.15, 0.2) is 30.3 Å². The summed E-state index contributed by atoms with van der Waals surface area (Å²) in [5.74, 6) is -0.00935. The van der Waals surface area contributed by atoms with Crippen LogP contribution in [0.5, 0.6) is 0 Å². The van der Waals surface area contributed by atoms with Gasteiger partial charge in [0.1, 0.15) is 0 Å². The fourth-order valence-electron chi connectivity index (χ4n) is 2.05. The summed E-state index contributed by atoms with van der Waals surface area (Å²) in [6.45, 7) is 4.20. The van der Waals surface area contributed by atoms with Crippen molar-refractivity contribution in [3.05, 3.63) is 36.0 Å². The summed E-state index contributed by atoms with van der Waals surface area (Å²) in [5, 5.41) is 1.09. The Bertz CT molecular complexity index is 526. The summed E-state index contributed by atoms with van der Waals surface area (Å²) in [4.78, 5) is 11.8. The van der Waals surface area contributed by atoms with E-state index in [1.807, 2.05) is 34.9 Å². The van der Waals surface area contributed by atoms with Crippen LogP contribution in [-0.4, -0.2) is 16.9 Å². The van der Waals surface area contributed by atoms with Gasteiger partial charge in [-0.2, -0.15) is 0 Å². The number of benzene rings is 1. The first-order chi connectivity index (χ1) is 7.65. The molecule has 0 aliphatic rings. The second-order valence-electron chi connectivity index (χ2n) is 4.18. The second-order valence-corrected chi connectivity index (χ2v) is 4.18. The number of Topliss-reactive ketones (excluding diaryl/α,β-unsaturated/α-hetero) is 1. The van der Waals surface area contributed by atoms with Crippen molar-refractivity contribution < 1.29 is 4.79 Å². The largest absolute Gasteiger partial charge is 0.335 e. The zero-order valence-electron chi connectivity index (χ0n) is 9.60. The maximum Gasteiger partial charge on any atom is 0.192 e. The molecule has 0 spiro atoms. The molecule has 0 radical (unpaired) electrons. The molecule has 2 aromatic rings. The molecule has 84 valence electrons. The third kappa shape index (κ3) is 1.63. The number of hydrogen-bond acceptors (Lipinski definition) is 2. The van der Waals surface area contributed by atoms with E-state index in [4.69, 9.17) is 5.73 Å². The summed E-state index contributed by atoms with van der Waals surface area (Å²) in [6.07, 6.45) is 0. The molecule has 2 rings (SSSR count). The van der Waals surface area contributed by atoms with Gasteiger partial charge in [0.2, 0.25) is 0 Å². The van der Waals surface area contributed by atoms with E-state index in [-0.39, 0.29) is 18.4 Å². The van der Waals surface area contributed by atoms with Crippen LogP contribution in [0, 0.1) is 0 Å². The summed E-state index contributed by atoms with van der Waals surface area (Å²) in [5.41, 5.74) is 7.23. The highest BCUT2D eigenvalue weighted by molar-refractivity contribution is 6.01. The molecule has 2 N–H and O–H groups in total. The Labute approximate surface area is 94.9 Å². The molecule has 3 nitrogen and oxygen atoms in total. The predicted octanol–water partition coefficient (Wildman–Crippen LogP) is 2.36. The van der Waals surface area contributed by atoms with E-state index in [0.29, 0.717) is 5.69 Å². The Morgan fingerprint density at radius 1 is 1.38 bits per heavy atom. The minimum absolute atomic E-state index is 0.00935. The fraction of sp³-hybridized carbons (Fsp3) is 0.308. The van der Waals surface area contributed by atoms with Gasteiger partial charge in [-0.15, -0.1) is 0 Å². The van der Waals surface area contributed by atoms with Crippen molar-refractivity contribution in [2.24, 2.45) is 5.73 Å². The van der Waals surface area contributed by atoms with Crippen LogP contribution in [0.25, 0.3) is 10.9 Å². The highest BCUT2D eigenvalue weighted by atomic mass is 16.1. The summed E-state index contributed by atoms with van der Waals surface area (Å²) < 4.78 is 2.05. The number of rotatable bonds is 3. The molecule has 0 saturated heterocycles. The molecule has 0 amide bonds. The highest BCUT2D eigenvalue weighted by Gasteiger charge is 2.15. The summed E-state index contributed by atoms with van der Waals surface area (Å²) in [6, 6.07) is 10.2. The van der Waals surface area contributed by atoms with Crippen LogP contribution in [0.1, 0.15) is 30.4 Å². The minimum Gasteiger partial charge on any atom is -0.335 e. The lowest BCUT2D eigenvalue weighted by Crippen LogP contribution is -2.18. The molecule has 0 fully saturated rings. The molecule has 0 aliphatic heterocycles. The van der Waals surface area contributed by atoms with Crippen molar-refractivity contribution in [2.75, 3.05) is 6.54 Å². The average molecular weight is 216 g/mol. The zero-order chi connectivity index (χ0) is 11.7. The lowest BCUT2D eigenvalue weighted by Gasteiger charge is -2.13. The van der Waals surface area contributed by atoms with Crippen molar-refractivity contribution in [1.29, 1.82) is 0 Å². The monoisotopic (exact) mass is 216 g/mol. The van der Waals surface area contributed by atoms with Crippen molar-refractivity contribution in [2.45, 2.75) is 19.9 Å². The molecular weight excluding hydrogens is 200 g/mol. The van der Waals surface area contributed by atoms with Gasteiger partial charge in [0.25, 0.3) is 0 Å². The van der Waals surface area contributed by atoms with E-state index in [1.54, 1.807) is 0 Å². The van der Waals surface area contributed by atoms with Crippen molar-refractivity contribution in [3.63, 3.8) is 0 Å². The zero-order valence-corrected chi connectivity index (χ0v) is 9.60. The Morgan fingerprint density at radius 3 is 2.69 bits per heavy atom. The lowest BCUT2D eigenvalue weighted by atomic mass is 10.2. The first kappa shape index (κ1) is 10.9. The normalized spacial score (nSPS) is 11.2. The van der Waals surface area contributed by atoms with Crippen LogP contribution >= 0.6 is 0 Å². The number of nitrogens with zero attached hydrogens (tertiary/aromatic N) is 1. The Kier molecular flexibility index (Phi) is 2.79. The van der Waals surface area contributed by atoms with Crippen molar-refractivity contribution in [3.8, 4) is 0 Å². The molecule has 1 heterocycles. The number of aromatic nitrogens is 1. The van der Waals surface area contributed by atoms with E-state index in [2.05, 4.69) is 13.8 Å². The average Bonchev–Trinajstić information content (AvgIpc) is 2.67. The van der Waals surface area contributed by atoms with Gasteiger partial charge in [0, 0.05) is 16.9 Å². The van der Waals surface area contributed by atoms with Crippen molar-refractivity contribution >= 4 is 16.7 Å². The third-order valence-electron chi connectivity index (χ3n) is 2.74. The molecule has 0 atom stereocenters. The van der Waals surface area contributed by atoms with Crippen LogP contribution in [0.4, 0.5) is 0 Å². The topological polar surface area (TPSA) is 48.0 Å². The molecule has 1 aromatic heterocycles. The number of hydrogen-bond donors (Lipinski definition) is 1. The molecule has 0 unspecified atom stereocenters. The highest BCUT2D eigenvalue weighted by Crippen LogP contribution is 2.24. The molecule has 0 aliphatic carbocycles. The lowest BCUT2D eigenvalue weighted by molar-refractivity contribution is 0.0991. The van der Waals surface area contributed by atoms with E-state index in [0.717, 1.165) is 10.9 Å². The number of nitrogens with two attached hydrogens (primary N) is 1. The third-order valence-corrected chi connectivity index (χ3v) is 2.74. The van der Waals surface area contributed by atoms with Gasteiger partial charge >= 0.3 is 0 Å². The number of carbonyl (C=O) groups is 1. The van der Waals surface area contributed by atoms with Crippen LogP contribution in [0.3, 0.4) is 0 Å². The van der Waals surface area contributed by atoms with Gasteiger partial charge in [-0.1, -0.05) is 18.2 Å². The maximum absolute atomic E-state index is 11.8. The quantitative estimate of drug-likeness (QED) is 0.801. The van der Waals surface area contributed by atoms with Crippen LogP contribution < -0.4 is 5.73 Å². The van der Waals surface area contributed by atoms with E-state index >= 15 is 0 Å². The smallest absolute Gasteiger partial charge is 0.192 e. The van der Waals surface area contributed by atoms with Gasteiger partial charge in [-0.05, 0) is 26.0 Å². The van der Waals surface area contributed by atoms with Gasteiger partial charge in [-0.3, -0.25) is 4.79 Å². The Morgan fingerprint density at radius 2 is 2.06 bits per heavy atom. The maximum atomic E-state index is 11.8. The Hall–Kier alpha value is -1.61. The molecule has 0 bridgehead atoms. The first-order valence-electron chi connectivity index (χ1n) is 5.48. The minimum atomic E-state index is -0.00935. The summed E-state index contributed by atoms with van der Waals surface area (Å²) in [7, 11) is 0. The Balaban J connectivity index is 2.73. The predicted molar refractivity (Wildman–Crippen MR) is 65.7 cm³/mol. The van der Waals surface area contributed by atoms with Crippen LogP contribution in [-0.2, 0) is 0 Å². The molecule has 1 aromatic carbocycles. The molecule has 3 heteroatoms. The molecular formula is C13H16N2O. The fourth-order valence-corrected chi connectivity index (χ4v) is 2.05. The first-order valence-corrected chi connectivity index (χ1v) is 5.48. The van der Waals surface area contributed by atoms with Gasteiger partial charge in [-0.25, -0.2) is 0 Å². The number of carbonyl (C=O) groups excluding carboxylic acids is 1. The van der Waals surface area contributed by atoms with E-state index in [9.17, 15) is 4.79 Å². The molecule has 0 saturated carbocycles. The number of para-hydroxylation sites is 1. The van der Waals surface area contributed by atoms with E-state index in [1.165, 1.54) is 0 Å². The van der Waals surface area contributed by atoms with E-state index < -0.39 is 0 Å². The number of ketones is 1. The summed E-state index contributed by atoms with van der Waals surface area (Å²) >= 11 is 0. The van der Waals surface area contributed by atoms with Gasteiger partial charge in [0.15, 0.2) is 5.78 Å². The second kappa shape index (κ2) is 4.10. The van der Waals surface area contributed by atoms with Gasteiger partial charge in [0.05, 0.1) is 12.2 Å². The molecule has 16 heavy (non-hydrogen) atoms. The van der Waals surface area contributed by atoms with Gasteiger partial charge < -0.3 is 10.3 Å². The van der Waals surface area contributed by atoms with Crippen LogP contribution in [0.2, 0.25) is 0 Å². The standard InChI is InChI=1S/C13H16N2O/c1-9(2)15-11-6-4-3-5-10(11)7-12(15)13(16)8-14/h3-7,9H,8,14H2,1-2H3. The number of fused-ring (bicyclic) bond motifs is 1. The SMILES string of the molecule is CC(C)n1c(C(=O)CN)cc2ccccc21.